The summed E-state index contributed by atoms with van der Waals surface area (Å²) in [6.07, 6.45) is 0.998. The normalized spacial score (nSPS) is 13.9. The summed E-state index contributed by atoms with van der Waals surface area (Å²) in [5.41, 5.74) is 12.8. The summed E-state index contributed by atoms with van der Waals surface area (Å²) in [5.74, 6) is -4.87. The number of nitrogens with two attached hydrogens (primary N) is 2. The number of fused-ring (bicyclic) bond motifs is 1. The van der Waals surface area contributed by atoms with Crippen LogP contribution in [0.15, 0.2) is 54.7 Å². The van der Waals surface area contributed by atoms with Gasteiger partial charge in [0.1, 0.15) is 23.9 Å². The van der Waals surface area contributed by atoms with E-state index in [0.29, 0.717) is 11.1 Å². The Morgan fingerprint density at radius 1 is 0.829 bits per heavy atom. The minimum atomic E-state index is -1.56. The Hall–Kier alpha value is -4.95. The molecule has 0 saturated carbocycles. The Kier molecular flexibility index (Phi) is 10.4. The minimum absolute atomic E-state index is 0.0161. The zero-order valence-corrected chi connectivity index (χ0v) is 21.9. The number of hydrogen-bond acceptors (Lipinski definition) is 8. The van der Waals surface area contributed by atoms with Crippen molar-refractivity contribution in [2.75, 3.05) is 6.61 Å². The van der Waals surface area contributed by atoms with Crippen LogP contribution in [-0.2, 0) is 36.8 Å². The first-order chi connectivity index (χ1) is 19.5. The Bertz CT molecular complexity index is 1410. The van der Waals surface area contributed by atoms with Crippen LogP contribution in [-0.4, -0.2) is 80.7 Å². The average molecular weight is 569 g/mol. The number of aromatic nitrogens is 1. The van der Waals surface area contributed by atoms with Crippen molar-refractivity contribution in [2.45, 2.75) is 43.4 Å². The molecule has 3 rings (SSSR count). The molecule has 1 heterocycles. The Labute approximate surface area is 234 Å². The molecule has 14 nitrogen and oxygen atoms in total. The second-order valence-electron chi connectivity index (χ2n) is 9.42. The third kappa shape index (κ3) is 8.52. The predicted octanol–water partition coefficient (Wildman–Crippen LogP) is -1.61. The van der Waals surface area contributed by atoms with Crippen molar-refractivity contribution in [1.82, 2.24) is 20.9 Å². The summed E-state index contributed by atoms with van der Waals surface area (Å²) in [4.78, 5) is 64.9. The molecule has 4 unspecified atom stereocenters. The van der Waals surface area contributed by atoms with Gasteiger partial charge in [-0.25, -0.2) is 4.79 Å². The van der Waals surface area contributed by atoms with E-state index in [4.69, 9.17) is 11.5 Å². The lowest BCUT2D eigenvalue weighted by Crippen LogP contribution is -2.58. The summed E-state index contributed by atoms with van der Waals surface area (Å²) < 4.78 is 0. The molecular formula is C27H32N6O8. The van der Waals surface area contributed by atoms with E-state index in [1.54, 1.807) is 18.3 Å². The number of amides is 4. The third-order valence-electron chi connectivity index (χ3n) is 6.30. The quantitative estimate of drug-likeness (QED) is 0.108. The molecule has 0 radical (unpaired) electrons. The van der Waals surface area contributed by atoms with Crippen LogP contribution >= 0.6 is 0 Å². The van der Waals surface area contributed by atoms with Crippen LogP contribution < -0.4 is 27.4 Å². The summed E-state index contributed by atoms with van der Waals surface area (Å²) >= 11 is 0. The van der Waals surface area contributed by atoms with Crippen molar-refractivity contribution < 1.29 is 39.3 Å². The molecule has 41 heavy (non-hydrogen) atoms. The maximum absolute atomic E-state index is 13.3. The molecule has 11 N–H and O–H groups in total. The number of benzene rings is 2. The maximum atomic E-state index is 13.3. The lowest BCUT2D eigenvalue weighted by molar-refractivity contribution is -0.142. The van der Waals surface area contributed by atoms with Gasteiger partial charge in [0.25, 0.3) is 0 Å². The van der Waals surface area contributed by atoms with Crippen molar-refractivity contribution in [1.29, 1.82) is 0 Å². The number of aromatic amines is 1. The van der Waals surface area contributed by atoms with E-state index in [9.17, 15) is 39.3 Å². The molecule has 0 aliphatic rings. The predicted molar refractivity (Wildman–Crippen MR) is 146 cm³/mol. The number of aliphatic carboxylic acids is 1. The van der Waals surface area contributed by atoms with E-state index in [-0.39, 0.29) is 18.6 Å². The molecule has 2 aromatic carbocycles. The number of nitrogens with one attached hydrogen (secondary N) is 4. The van der Waals surface area contributed by atoms with Gasteiger partial charge in [-0.15, -0.1) is 0 Å². The summed E-state index contributed by atoms with van der Waals surface area (Å²) in [5, 5.41) is 36.7. The minimum Gasteiger partial charge on any atom is -0.508 e. The van der Waals surface area contributed by atoms with Gasteiger partial charge in [-0.1, -0.05) is 30.3 Å². The van der Waals surface area contributed by atoms with Gasteiger partial charge in [0.2, 0.25) is 23.6 Å². The summed E-state index contributed by atoms with van der Waals surface area (Å²) in [6, 6.07) is 7.33. The van der Waals surface area contributed by atoms with Gasteiger partial charge in [0, 0.05) is 29.9 Å². The number of aromatic hydroxyl groups is 1. The first kappa shape index (κ1) is 30.6. The zero-order valence-electron chi connectivity index (χ0n) is 21.9. The lowest BCUT2D eigenvalue weighted by atomic mass is 10.0. The van der Waals surface area contributed by atoms with E-state index in [0.717, 1.165) is 10.9 Å². The first-order valence-electron chi connectivity index (χ1n) is 12.6. The van der Waals surface area contributed by atoms with E-state index in [2.05, 4.69) is 20.9 Å². The molecule has 0 aliphatic heterocycles. The van der Waals surface area contributed by atoms with Crippen molar-refractivity contribution in [3.63, 3.8) is 0 Å². The van der Waals surface area contributed by atoms with Crippen LogP contribution in [0.2, 0.25) is 0 Å². The number of carbonyl (C=O) groups excluding carboxylic acids is 4. The number of hydrogen-bond donors (Lipinski definition) is 9. The maximum Gasteiger partial charge on any atom is 0.326 e. The smallest absolute Gasteiger partial charge is 0.326 e. The van der Waals surface area contributed by atoms with Crippen LogP contribution in [0.1, 0.15) is 17.5 Å². The average Bonchev–Trinajstić information content (AvgIpc) is 3.34. The highest BCUT2D eigenvalue weighted by Gasteiger charge is 2.31. The molecule has 0 bridgehead atoms. The Morgan fingerprint density at radius 2 is 1.44 bits per heavy atom. The molecule has 0 saturated heterocycles. The largest absolute Gasteiger partial charge is 0.508 e. The van der Waals surface area contributed by atoms with Gasteiger partial charge >= 0.3 is 5.97 Å². The Morgan fingerprint density at radius 3 is 2.07 bits per heavy atom. The number of carboxylic acid groups (broad SMARTS) is 1. The molecule has 4 atom stereocenters. The number of phenolic OH excluding ortho intramolecular Hbond substituents is 1. The molecule has 218 valence electrons. The van der Waals surface area contributed by atoms with Crippen LogP contribution in [0, 0.1) is 0 Å². The number of H-pyrrole nitrogens is 1. The van der Waals surface area contributed by atoms with Gasteiger partial charge in [0.05, 0.1) is 19.1 Å². The SMILES string of the molecule is NC(=O)CC(N)C(=O)NC(Cc1c[nH]c2ccccc12)C(=O)NC(CO)C(=O)NC(Cc1ccc(O)cc1)C(=O)O. The second kappa shape index (κ2) is 13.9. The van der Waals surface area contributed by atoms with Gasteiger partial charge in [-0.05, 0) is 29.3 Å². The van der Waals surface area contributed by atoms with E-state index < -0.39 is 66.8 Å². The first-order valence-corrected chi connectivity index (χ1v) is 12.6. The number of para-hydroxylation sites is 1. The van der Waals surface area contributed by atoms with Crippen molar-refractivity contribution in [3.8, 4) is 5.75 Å². The van der Waals surface area contributed by atoms with Crippen LogP contribution in [0.5, 0.6) is 5.75 Å². The van der Waals surface area contributed by atoms with Gasteiger partial charge in [-0.2, -0.15) is 0 Å². The topological polar surface area (TPSA) is 250 Å². The van der Waals surface area contributed by atoms with Gasteiger partial charge in [-0.3, -0.25) is 19.2 Å². The number of rotatable bonds is 14. The standard InChI is InChI=1S/C27H32N6O8/c28-18(11-23(29)36)24(37)31-20(10-15-12-30-19-4-2-1-3-17(15)19)25(38)33-22(13-34)26(39)32-21(27(40)41)9-14-5-7-16(35)8-6-14/h1-8,12,18,20-22,30,34-35H,9-11,13,28H2,(H2,29,36)(H,31,37)(H,32,39)(H,33,38)(H,40,41). The highest BCUT2D eigenvalue weighted by atomic mass is 16.4. The highest BCUT2D eigenvalue weighted by molar-refractivity contribution is 5.95. The van der Waals surface area contributed by atoms with E-state index >= 15 is 0 Å². The van der Waals surface area contributed by atoms with Gasteiger partial charge in [0.15, 0.2) is 0 Å². The van der Waals surface area contributed by atoms with Crippen LogP contribution in [0.3, 0.4) is 0 Å². The summed E-state index contributed by atoms with van der Waals surface area (Å²) in [6.45, 7) is -0.877. The van der Waals surface area contributed by atoms with Crippen LogP contribution in [0.25, 0.3) is 10.9 Å². The fourth-order valence-electron chi connectivity index (χ4n) is 4.12. The number of phenols is 1. The molecule has 3 aromatic rings. The lowest BCUT2D eigenvalue weighted by Gasteiger charge is -2.24. The van der Waals surface area contributed by atoms with Crippen LogP contribution in [0.4, 0.5) is 0 Å². The molecule has 0 fully saturated rings. The third-order valence-corrected chi connectivity index (χ3v) is 6.30. The fourth-order valence-corrected chi connectivity index (χ4v) is 4.12. The van der Waals surface area contributed by atoms with E-state index in [1.165, 1.54) is 24.3 Å². The second-order valence-corrected chi connectivity index (χ2v) is 9.42. The molecule has 4 amide bonds. The van der Waals surface area contributed by atoms with E-state index in [1.807, 2.05) is 12.1 Å². The van der Waals surface area contributed by atoms with Crippen molar-refractivity contribution >= 4 is 40.5 Å². The molecule has 1 aromatic heterocycles. The number of primary amides is 1. The number of aliphatic hydroxyl groups excluding tert-OH is 1. The zero-order chi connectivity index (χ0) is 30.1. The molecule has 0 aliphatic carbocycles. The number of carboxylic acids is 1. The summed E-state index contributed by atoms with van der Waals surface area (Å²) in [7, 11) is 0. The van der Waals surface area contributed by atoms with Gasteiger partial charge < -0.3 is 47.7 Å². The number of aliphatic hydroxyl groups is 1. The van der Waals surface area contributed by atoms with Crippen molar-refractivity contribution in [3.05, 3.63) is 65.9 Å². The number of carbonyl (C=O) groups is 5. The molecule has 0 spiro atoms. The molecular weight excluding hydrogens is 536 g/mol. The Balaban J connectivity index is 1.76. The molecule has 14 heteroatoms. The highest BCUT2D eigenvalue weighted by Crippen LogP contribution is 2.19. The van der Waals surface area contributed by atoms with Crippen molar-refractivity contribution in [2.24, 2.45) is 11.5 Å². The monoisotopic (exact) mass is 568 g/mol. The fraction of sp³-hybridized carbons (Fsp3) is 0.296.